The summed E-state index contributed by atoms with van der Waals surface area (Å²) in [4.78, 5) is 4.67. The fraction of sp³-hybridized carbons (Fsp3) is 0.786. The molecule has 0 atom stereocenters. The lowest BCUT2D eigenvalue weighted by Gasteiger charge is -2.17. The van der Waals surface area contributed by atoms with E-state index in [1.807, 2.05) is 0 Å². The van der Waals surface area contributed by atoms with Gasteiger partial charge in [0, 0.05) is 17.3 Å². The maximum Gasteiger partial charge on any atom is 0.0982 e. The van der Waals surface area contributed by atoms with Crippen LogP contribution in [0.3, 0.4) is 0 Å². The van der Waals surface area contributed by atoms with Gasteiger partial charge < -0.3 is 5.32 Å². The van der Waals surface area contributed by atoms with E-state index in [4.69, 9.17) is 0 Å². The first kappa shape index (κ1) is 14.7. The molecule has 0 amide bonds. The summed E-state index contributed by atoms with van der Waals surface area (Å²) in [5, 5.41) is 6.87. The lowest BCUT2D eigenvalue weighted by molar-refractivity contribution is 0.366. The molecule has 0 aromatic carbocycles. The molecule has 1 N–H and O–H groups in total. The molecule has 0 aliphatic rings. The Morgan fingerprint density at radius 3 is 2.29 bits per heavy atom. The van der Waals surface area contributed by atoms with Gasteiger partial charge in [0.15, 0.2) is 0 Å². The first-order valence-corrected chi connectivity index (χ1v) is 7.22. The Bertz CT molecular complexity index is 342. The maximum absolute atomic E-state index is 4.67. The number of aromatic nitrogens is 1. The van der Waals surface area contributed by atoms with E-state index in [1.54, 1.807) is 11.3 Å². The fourth-order valence-electron chi connectivity index (χ4n) is 1.41. The molecule has 0 radical (unpaired) electrons. The minimum atomic E-state index is 0.175. The number of thiazole rings is 1. The van der Waals surface area contributed by atoms with Gasteiger partial charge in [-0.2, -0.15) is 0 Å². The van der Waals surface area contributed by atoms with Gasteiger partial charge in [0.05, 0.1) is 10.7 Å². The van der Waals surface area contributed by atoms with Crippen molar-refractivity contribution in [2.75, 3.05) is 6.54 Å². The van der Waals surface area contributed by atoms with Crippen molar-refractivity contribution in [2.24, 2.45) is 5.41 Å². The predicted octanol–water partition coefficient (Wildman–Crippen LogP) is 3.97. The highest BCUT2D eigenvalue weighted by atomic mass is 32.1. The van der Waals surface area contributed by atoms with Gasteiger partial charge in [-0.15, -0.1) is 11.3 Å². The van der Waals surface area contributed by atoms with Crippen LogP contribution in [0.5, 0.6) is 0 Å². The summed E-state index contributed by atoms with van der Waals surface area (Å²) in [7, 11) is 0. The van der Waals surface area contributed by atoms with Crippen LogP contribution in [0.4, 0.5) is 0 Å². The Morgan fingerprint density at radius 1 is 1.18 bits per heavy atom. The number of nitrogens with zero attached hydrogens (tertiary/aromatic N) is 1. The van der Waals surface area contributed by atoms with E-state index >= 15 is 0 Å². The van der Waals surface area contributed by atoms with E-state index < -0.39 is 0 Å². The molecule has 0 spiro atoms. The van der Waals surface area contributed by atoms with Crippen LogP contribution in [-0.2, 0) is 12.0 Å². The lowest BCUT2D eigenvalue weighted by Crippen LogP contribution is -2.20. The average molecular weight is 254 g/mol. The zero-order chi connectivity index (χ0) is 13.1. The predicted molar refractivity (Wildman–Crippen MR) is 76.6 cm³/mol. The van der Waals surface area contributed by atoms with Gasteiger partial charge in [-0.05, 0) is 18.4 Å². The normalized spacial score (nSPS) is 13.1. The van der Waals surface area contributed by atoms with Crippen LogP contribution in [0, 0.1) is 5.41 Å². The molecule has 0 saturated heterocycles. The van der Waals surface area contributed by atoms with Crippen molar-refractivity contribution in [3.63, 3.8) is 0 Å². The Morgan fingerprint density at radius 2 is 1.82 bits per heavy atom. The first-order valence-electron chi connectivity index (χ1n) is 6.34. The van der Waals surface area contributed by atoms with Crippen molar-refractivity contribution < 1.29 is 0 Å². The molecular formula is C14H26N2S. The molecule has 98 valence electrons. The molecule has 1 aromatic heterocycles. The zero-order valence-corrected chi connectivity index (χ0v) is 12.9. The first-order chi connectivity index (χ1) is 7.68. The Labute approximate surface area is 110 Å². The Kier molecular flexibility index (Phi) is 4.73. The largest absolute Gasteiger partial charge is 0.311 e. The molecule has 0 bridgehead atoms. The van der Waals surface area contributed by atoms with Crippen LogP contribution < -0.4 is 5.32 Å². The molecule has 0 fully saturated rings. The summed E-state index contributed by atoms with van der Waals surface area (Å²) in [6.45, 7) is 15.4. The number of rotatable bonds is 4. The average Bonchev–Trinajstić information content (AvgIpc) is 2.58. The van der Waals surface area contributed by atoms with Gasteiger partial charge in [-0.1, -0.05) is 41.5 Å². The summed E-state index contributed by atoms with van der Waals surface area (Å²) >= 11 is 1.77. The smallest absolute Gasteiger partial charge is 0.0982 e. The van der Waals surface area contributed by atoms with E-state index in [9.17, 15) is 0 Å². The third kappa shape index (κ3) is 5.64. The molecule has 1 heterocycles. The highest BCUT2D eigenvalue weighted by Gasteiger charge is 2.17. The topological polar surface area (TPSA) is 24.9 Å². The van der Waals surface area contributed by atoms with Crippen LogP contribution in [0.1, 0.15) is 58.7 Å². The molecule has 0 saturated carbocycles. The molecule has 17 heavy (non-hydrogen) atoms. The maximum atomic E-state index is 4.67. The Hall–Kier alpha value is -0.410. The third-order valence-electron chi connectivity index (χ3n) is 2.55. The second-order valence-electron chi connectivity index (χ2n) is 6.88. The summed E-state index contributed by atoms with van der Waals surface area (Å²) in [5.41, 5.74) is 1.76. The molecule has 3 heteroatoms. The molecule has 0 aliphatic carbocycles. The number of nitrogens with one attached hydrogen (secondary N) is 1. The summed E-state index contributed by atoms with van der Waals surface area (Å²) in [5.74, 6) is 0. The fourth-order valence-corrected chi connectivity index (χ4v) is 2.32. The SMILES string of the molecule is CC(C)(C)CCNCc1csc(C(C)(C)C)n1. The second-order valence-corrected chi connectivity index (χ2v) is 7.74. The van der Waals surface area contributed by atoms with Crippen LogP contribution in [-0.4, -0.2) is 11.5 Å². The van der Waals surface area contributed by atoms with Gasteiger partial charge in [-0.25, -0.2) is 4.98 Å². The van der Waals surface area contributed by atoms with E-state index in [0.717, 1.165) is 13.1 Å². The van der Waals surface area contributed by atoms with Crippen LogP contribution in [0.2, 0.25) is 0 Å². The highest BCUT2D eigenvalue weighted by molar-refractivity contribution is 7.09. The van der Waals surface area contributed by atoms with Crippen molar-refractivity contribution >= 4 is 11.3 Å². The van der Waals surface area contributed by atoms with Crippen molar-refractivity contribution in [2.45, 2.75) is 59.9 Å². The summed E-state index contributed by atoms with van der Waals surface area (Å²) in [6, 6.07) is 0. The summed E-state index contributed by atoms with van der Waals surface area (Å²) in [6.07, 6.45) is 1.20. The minimum Gasteiger partial charge on any atom is -0.311 e. The molecular weight excluding hydrogens is 228 g/mol. The van der Waals surface area contributed by atoms with Crippen molar-refractivity contribution in [3.8, 4) is 0 Å². The van der Waals surface area contributed by atoms with E-state index in [0.29, 0.717) is 5.41 Å². The molecule has 1 aromatic rings. The van der Waals surface area contributed by atoms with Gasteiger partial charge >= 0.3 is 0 Å². The van der Waals surface area contributed by atoms with Gasteiger partial charge in [0.2, 0.25) is 0 Å². The van der Waals surface area contributed by atoms with Gasteiger partial charge in [-0.3, -0.25) is 0 Å². The quantitative estimate of drug-likeness (QED) is 0.823. The Balaban J connectivity index is 2.36. The molecule has 2 nitrogen and oxygen atoms in total. The number of hydrogen-bond acceptors (Lipinski definition) is 3. The van der Waals surface area contributed by atoms with E-state index in [1.165, 1.54) is 17.1 Å². The lowest BCUT2D eigenvalue weighted by atomic mass is 9.92. The van der Waals surface area contributed by atoms with Crippen molar-refractivity contribution in [1.82, 2.24) is 10.3 Å². The molecule has 0 aliphatic heterocycles. The van der Waals surface area contributed by atoms with Crippen LogP contribution >= 0.6 is 11.3 Å². The minimum absolute atomic E-state index is 0.175. The number of hydrogen-bond donors (Lipinski definition) is 1. The van der Waals surface area contributed by atoms with E-state index in [2.05, 4.69) is 57.2 Å². The van der Waals surface area contributed by atoms with Crippen LogP contribution in [0.25, 0.3) is 0 Å². The van der Waals surface area contributed by atoms with Gasteiger partial charge in [0.1, 0.15) is 0 Å². The molecule has 0 unspecified atom stereocenters. The molecule has 1 rings (SSSR count). The van der Waals surface area contributed by atoms with Crippen molar-refractivity contribution in [3.05, 3.63) is 16.1 Å². The van der Waals surface area contributed by atoms with E-state index in [-0.39, 0.29) is 5.41 Å². The highest BCUT2D eigenvalue weighted by Crippen LogP contribution is 2.25. The second kappa shape index (κ2) is 5.49. The summed E-state index contributed by atoms with van der Waals surface area (Å²) < 4.78 is 0. The van der Waals surface area contributed by atoms with Gasteiger partial charge in [0.25, 0.3) is 0 Å². The van der Waals surface area contributed by atoms with Crippen molar-refractivity contribution in [1.29, 1.82) is 0 Å². The van der Waals surface area contributed by atoms with Crippen LogP contribution in [0.15, 0.2) is 5.38 Å². The zero-order valence-electron chi connectivity index (χ0n) is 12.1. The monoisotopic (exact) mass is 254 g/mol. The standard InChI is InChI=1S/C14H26N2S/c1-13(2,3)7-8-15-9-11-10-17-12(16-11)14(4,5)6/h10,15H,7-9H2,1-6H3. The third-order valence-corrected chi connectivity index (χ3v) is 3.87.